The summed E-state index contributed by atoms with van der Waals surface area (Å²) in [7, 11) is 1.84. The maximum absolute atomic E-state index is 5.33. The number of rotatable bonds is 6. The number of hydrogen-bond acceptors (Lipinski definition) is 3. The fourth-order valence-corrected chi connectivity index (χ4v) is 3.11. The van der Waals surface area contributed by atoms with E-state index in [-0.39, 0.29) is 24.0 Å². The van der Waals surface area contributed by atoms with E-state index in [0.29, 0.717) is 6.04 Å². The third-order valence-electron chi connectivity index (χ3n) is 4.43. The number of aliphatic imine (C=N–C) groups is 1. The molecule has 0 aromatic rings. The Balaban J connectivity index is 0.00000242. The van der Waals surface area contributed by atoms with E-state index in [2.05, 4.69) is 33.5 Å². The summed E-state index contributed by atoms with van der Waals surface area (Å²) in [5.41, 5.74) is 1.50. The van der Waals surface area contributed by atoms with Crippen LogP contribution in [0.25, 0.3) is 0 Å². The highest BCUT2D eigenvalue weighted by atomic mass is 127. The van der Waals surface area contributed by atoms with Gasteiger partial charge in [-0.25, -0.2) is 0 Å². The Morgan fingerprint density at radius 1 is 1.45 bits per heavy atom. The Bertz CT molecular complexity index is 373. The molecule has 1 fully saturated rings. The third-order valence-corrected chi connectivity index (χ3v) is 4.43. The van der Waals surface area contributed by atoms with E-state index in [4.69, 9.17) is 4.74 Å². The summed E-state index contributed by atoms with van der Waals surface area (Å²) in [4.78, 5) is 6.86. The number of guanidine groups is 1. The lowest BCUT2D eigenvalue weighted by molar-refractivity contribution is 0.153. The van der Waals surface area contributed by atoms with Crippen LogP contribution in [0.1, 0.15) is 32.6 Å². The van der Waals surface area contributed by atoms with Crippen LogP contribution in [-0.2, 0) is 4.74 Å². The highest BCUT2D eigenvalue weighted by molar-refractivity contribution is 14.0. The second-order valence-corrected chi connectivity index (χ2v) is 5.74. The summed E-state index contributed by atoms with van der Waals surface area (Å²) in [5, 5.41) is 6.88. The van der Waals surface area contributed by atoms with Gasteiger partial charge >= 0.3 is 0 Å². The Labute approximate surface area is 152 Å². The summed E-state index contributed by atoms with van der Waals surface area (Å²) < 4.78 is 5.33. The summed E-state index contributed by atoms with van der Waals surface area (Å²) in [6.07, 6.45) is 6.97. The smallest absolute Gasteiger partial charge is 0.191 e. The van der Waals surface area contributed by atoms with Crippen molar-refractivity contribution in [2.75, 3.05) is 46.4 Å². The molecule has 2 heterocycles. The molecule has 22 heavy (non-hydrogen) atoms. The quantitative estimate of drug-likeness (QED) is 0.298. The van der Waals surface area contributed by atoms with Gasteiger partial charge in [0.15, 0.2) is 5.96 Å². The molecule has 0 saturated carbocycles. The number of hydrogen-bond donors (Lipinski definition) is 2. The molecule has 2 aliphatic heterocycles. The van der Waals surface area contributed by atoms with Gasteiger partial charge in [-0.2, -0.15) is 0 Å². The van der Waals surface area contributed by atoms with Crippen molar-refractivity contribution in [1.82, 2.24) is 15.5 Å². The molecule has 2 rings (SSSR count). The normalized spacial score (nSPS) is 22.9. The first-order chi connectivity index (χ1) is 10.3. The van der Waals surface area contributed by atoms with E-state index in [1.807, 2.05) is 7.05 Å². The van der Waals surface area contributed by atoms with Gasteiger partial charge in [-0.3, -0.25) is 9.89 Å². The fourth-order valence-electron chi connectivity index (χ4n) is 3.11. The largest absolute Gasteiger partial charge is 0.377 e. The molecule has 0 spiro atoms. The van der Waals surface area contributed by atoms with Crippen molar-refractivity contribution in [3.8, 4) is 0 Å². The molecule has 0 aliphatic carbocycles. The molecule has 0 aromatic heterocycles. The van der Waals surface area contributed by atoms with Gasteiger partial charge in [0, 0.05) is 26.2 Å². The van der Waals surface area contributed by atoms with Crippen LogP contribution >= 0.6 is 24.0 Å². The van der Waals surface area contributed by atoms with E-state index < -0.39 is 0 Å². The van der Waals surface area contributed by atoms with Gasteiger partial charge < -0.3 is 15.4 Å². The molecule has 6 heteroatoms. The predicted molar refractivity (Wildman–Crippen MR) is 103 cm³/mol. The molecule has 2 N–H and O–H groups in total. The topological polar surface area (TPSA) is 48.9 Å². The molecule has 1 atom stereocenters. The highest BCUT2D eigenvalue weighted by Gasteiger charge is 2.22. The second-order valence-electron chi connectivity index (χ2n) is 5.74. The van der Waals surface area contributed by atoms with Crippen molar-refractivity contribution in [2.24, 2.45) is 4.99 Å². The summed E-state index contributed by atoms with van der Waals surface area (Å²) in [6, 6.07) is 0.659. The van der Waals surface area contributed by atoms with Crippen LogP contribution in [0.15, 0.2) is 16.6 Å². The molecule has 0 amide bonds. The van der Waals surface area contributed by atoms with E-state index in [1.54, 1.807) is 0 Å². The van der Waals surface area contributed by atoms with Gasteiger partial charge in [0.1, 0.15) is 0 Å². The number of nitrogens with one attached hydrogen (secondary N) is 2. The maximum Gasteiger partial charge on any atom is 0.191 e. The molecule has 0 aromatic carbocycles. The average Bonchev–Trinajstić information content (AvgIpc) is 2.99. The Morgan fingerprint density at radius 3 is 3.00 bits per heavy atom. The van der Waals surface area contributed by atoms with Crippen molar-refractivity contribution in [3.63, 3.8) is 0 Å². The zero-order chi connectivity index (χ0) is 14.9. The minimum absolute atomic E-state index is 0. The second kappa shape index (κ2) is 11.2. The van der Waals surface area contributed by atoms with Crippen LogP contribution < -0.4 is 10.6 Å². The molecular weight excluding hydrogens is 391 g/mol. The molecular formula is C16H31IN4O. The Hall–Kier alpha value is -0.340. The summed E-state index contributed by atoms with van der Waals surface area (Å²) in [5.74, 6) is 0.922. The molecule has 1 unspecified atom stereocenters. The van der Waals surface area contributed by atoms with Gasteiger partial charge in [-0.05, 0) is 38.8 Å². The standard InChI is InChI=1S/C16H30N4O.HI/c1-3-20-10-4-5-15(20)13-19-16(17-2)18-9-6-14-7-11-21-12-8-14;/h7,15H,3-6,8-13H2,1-2H3,(H2,17,18,19);1H. The van der Waals surface area contributed by atoms with Crippen LogP contribution in [-0.4, -0.2) is 63.3 Å². The molecule has 2 aliphatic rings. The van der Waals surface area contributed by atoms with E-state index >= 15 is 0 Å². The van der Waals surface area contributed by atoms with E-state index in [1.165, 1.54) is 25.0 Å². The maximum atomic E-state index is 5.33. The van der Waals surface area contributed by atoms with Crippen LogP contribution in [0.3, 0.4) is 0 Å². The predicted octanol–water partition coefficient (Wildman–Crippen LogP) is 1.99. The van der Waals surface area contributed by atoms with Gasteiger partial charge in [0.05, 0.1) is 13.2 Å². The van der Waals surface area contributed by atoms with Crippen molar-refractivity contribution in [2.45, 2.75) is 38.6 Å². The first kappa shape index (κ1) is 19.7. The lowest BCUT2D eigenvalue weighted by atomic mass is 10.1. The molecule has 128 valence electrons. The minimum Gasteiger partial charge on any atom is -0.377 e. The van der Waals surface area contributed by atoms with Crippen molar-refractivity contribution >= 4 is 29.9 Å². The summed E-state index contributed by atoms with van der Waals surface area (Å²) >= 11 is 0. The van der Waals surface area contributed by atoms with Crippen LogP contribution in [0.5, 0.6) is 0 Å². The zero-order valence-electron chi connectivity index (χ0n) is 13.9. The molecule has 5 nitrogen and oxygen atoms in total. The number of likely N-dealkylation sites (tertiary alicyclic amines) is 1. The molecule has 0 radical (unpaired) electrons. The fraction of sp³-hybridized carbons (Fsp3) is 0.812. The van der Waals surface area contributed by atoms with Gasteiger partial charge in [-0.1, -0.05) is 18.6 Å². The van der Waals surface area contributed by atoms with E-state index in [0.717, 1.165) is 51.6 Å². The first-order valence-corrected chi connectivity index (χ1v) is 8.27. The van der Waals surface area contributed by atoms with Crippen molar-refractivity contribution in [1.29, 1.82) is 0 Å². The average molecular weight is 422 g/mol. The number of nitrogens with zero attached hydrogens (tertiary/aromatic N) is 2. The van der Waals surface area contributed by atoms with Crippen molar-refractivity contribution < 1.29 is 4.74 Å². The summed E-state index contributed by atoms with van der Waals surface area (Å²) in [6.45, 7) is 8.20. The minimum atomic E-state index is 0. The van der Waals surface area contributed by atoms with Crippen LogP contribution in [0.4, 0.5) is 0 Å². The number of ether oxygens (including phenoxy) is 1. The molecule has 1 saturated heterocycles. The highest BCUT2D eigenvalue weighted by Crippen LogP contribution is 2.15. The lowest BCUT2D eigenvalue weighted by Crippen LogP contribution is -2.45. The van der Waals surface area contributed by atoms with Gasteiger partial charge in [0.2, 0.25) is 0 Å². The Kier molecular flexibility index (Phi) is 10.1. The number of likely N-dealkylation sites (N-methyl/N-ethyl adjacent to an activating group) is 1. The SMILES string of the molecule is CCN1CCCC1CNC(=NC)NCCC1=CCOCC1.I. The van der Waals surface area contributed by atoms with Gasteiger partial charge in [0.25, 0.3) is 0 Å². The monoisotopic (exact) mass is 422 g/mol. The lowest BCUT2D eigenvalue weighted by Gasteiger charge is -2.24. The first-order valence-electron chi connectivity index (χ1n) is 8.27. The third kappa shape index (κ3) is 6.42. The van der Waals surface area contributed by atoms with E-state index in [9.17, 15) is 0 Å². The van der Waals surface area contributed by atoms with Gasteiger partial charge in [-0.15, -0.1) is 24.0 Å². The Morgan fingerprint density at radius 2 is 2.32 bits per heavy atom. The van der Waals surface area contributed by atoms with Crippen molar-refractivity contribution in [3.05, 3.63) is 11.6 Å². The zero-order valence-corrected chi connectivity index (χ0v) is 16.3. The molecule has 0 bridgehead atoms. The van der Waals surface area contributed by atoms with Crippen LogP contribution in [0.2, 0.25) is 0 Å². The van der Waals surface area contributed by atoms with Crippen LogP contribution in [0, 0.1) is 0 Å². The number of halogens is 1.